The number of nitrogens with one attached hydrogen (secondary N) is 1. The third-order valence-electron chi connectivity index (χ3n) is 4.72. The average molecular weight is 442 g/mol. The number of amides is 1. The Balaban J connectivity index is 1.86. The number of nitrogens with zero attached hydrogens (tertiary/aromatic N) is 2. The van der Waals surface area contributed by atoms with Crippen molar-refractivity contribution in [2.45, 2.75) is 24.3 Å². The van der Waals surface area contributed by atoms with Crippen LogP contribution < -0.4 is 14.8 Å². The van der Waals surface area contributed by atoms with E-state index in [1.165, 1.54) is 19.5 Å². The topological polar surface area (TPSA) is 111 Å². The van der Waals surface area contributed by atoms with Gasteiger partial charge in [0.2, 0.25) is 0 Å². The van der Waals surface area contributed by atoms with E-state index in [1.807, 2.05) is 0 Å². The molecule has 2 aromatic heterocycles. The molecular formula is C22H23N3O5S. The lowest BCUT2D eigenvalue weighted by Gasteiger charge is -2.13. The fraction of sp³-hybridized carbons (Fsp3) is 0.227. The SMILES string of the molecule is COc1ccc(CS(=O)c2ncccc2C(=O)Nc2ccnc(CO)c2C)c(OC)c1. The summed E-state index contributed by atoms with van der Waals surface area (Å²) in [6, 6.07) is 10.1. The quantitative estimate of drug-likeness (QED) is 0.553. The average Bonchev–Trinajstić information content (AvgIpc) is 2.80. The molecule has 3 rings (SSSR count). The van der Waals surface area contributed by atoms with Gasteiger partial charge in [0.1, 0.15) is 16.5 Å². The van der Waals surface area contributed by atoms with Crippen LogP contribution in [0, 0.1) is 6.92 Å². The van der Waals surface area contributed by atoms with E-state index in [4.69, 9.17) is 9.47 Å². The van der Waals surface area contributed by atoms with Crippen LogP contribution in [0.4, 0.5) is 5.69 Å². The predicted molar refractivity (Wildman–Crippen MR) is 117 cm³/mol. The van der Waals surface area contributed by atoms with Crippen LogP contribution in [0.1, 0.15) is 27.2 Å². The largest absolute Gasteiger partial charge is 0.497 e. The summed E-state index contributed by atoms with van der Waals surface area (Å²) in [7, 11) is 1.48. The molecule has 0 saturated heterocycles. The van der Waals surface area contributed by atoms with Gasteiger partial charge in [0.05, 0.1) is 48.6 Å². The molecule has 2 heterocycles. The molecule has 1 atom stereocenters. The number of rotatable bonds is 8. The fourth-order valence-electron chi connectivity index (χ4n) is 2.99. The zero-order valence-corrected chi connectivity index (χ0v) is 18.2. The maximum Gasteiger partial charge on any atom is 0.258 e. The lowest BCUT2D eigenvalue weighted by molar-refractivity contribution is 0.102. The summed E-state index contributed by atoms with van der Waals surface area (Å²) in [6.45, 7) is 1.52. The molecule has 3 aromatic rings. The highest BCUT2D eigenvalue weighted by atomic mass is 32.2. The molecular weight excluding hydrogens is 418 g/mol. The highest BCUT2D eigenvalue weighted by Crippen LogP contribution is 2.27. The van der Waals surface area contributed by atoms with Crippen LogP contribution in [-0.4, -0.2) is 39.4 Å². The van der Waals surface area contributed by atoms with Gasteiger partial charge in [0.15, 0.2) is 0 Å². The van der Waals surface area contributed by atoms with Gasteiger partial charge in [-0.15, -0.1) is 0 Å². The van der Waals surface area contributed by atoms with Crippen molar-refractivity contribution in [3.63, 3.8) is 0 Å². The minimum absolute atomic E-state index is 0.118. The number of aliphatic hydroxyl groups excluding tert-OH is 1. The molecule has 0 bridgehead atoms. The molecule has 1 unspecified atom stereocenters. The van der Waals surface area contributed by atoms with Crippen molar-refractivity contribution in [3.05, 3.63) is 71.2 Å². The molecule has 0 aliphatic carbocycles. The predicted octanol–water partition coefficient (Wildman–Crippen LogP) is 2.85. The number of anilines is 1. The Kier molecular flexibility index (Phi) is 7.32. The van der Waals surface area contributed by atoms with Crippen molar-refractivity contribution >= 4 is 22.4 Å². The number of benzene rings is 1. The lowest BCUT2D eigenvalue weighted by Crippen LogP contribution is -2.17. The number of methoxy groups -OCH3 is 2. The Morgan fingerprint density at radius 2 is 1.94 bits per heavy atom. The van der Waals surface area contributed by atoms with Gasteiger partial charge >= 0.3 is 0 Å². The second-order valence-corrected chi connectivity index (χ2v) is 7.93. The Hall–Kier alpha value is -3.30. The molecule has 0 spiro atoms. The van der Waals surface area contributed by atoms with E-state index >= 15 is 0 Å². The zero-order chi connectivity index (χ0) is 22.4. The van der Waals surface area contributed by atoms with Crippen molar-refractivity contribution in [2.75, 3.05) is 19.5 Å². The normalized spacial score (nSPS) is 11.6. The first-order chi connectivity index (χ1) is 15.0. The molecule has 1 amide bonds. The molecule has 0 radical (unpaired) electrons. The van der Waals surface area contributed by atoms with Crippen LogP contribution in [0.2, 0.25) is 0 Å². The van der Waals surface area contributed by atoms with E-state index in [0.29, 0.717) is 34.0 Å². The molecule has 0 aliphatic heterocycles. The van der Waals surface area contributed by atoms with Crippen molar-refractivity contribution in [3.8, 4) is 11.5 Å². The first-order valence-electron chi connectivity index (χ1n) is 9.39. The third-order valence-corrected chi connectivity index (χ3v) is 6.05. The molecule has 0 saturated carbocycles. The summed E-state index contributed by atoms with van der Waals surface area (Å²) < 4.78 is 23.7. The van der Waals surface area contributed by atoms with Gasteiger partial charge in [0.25, 0.3) is 5.91 Å². The summed E-state index contributed by atoms with van der Waals surface area (Å²) in [4.78, 5) is 21.2. The Morgan fingerprint density at radius 1 is 1.13 bits per heavy atom. The Labute approximate surface area is 182 Å². The first kappa shape index (κ1) is 22.4. The molecule has 1 aromatic carbocycles. The number of pyridine rings is 2. The summed E-state index contributed by atoms with van der Waals surface area (Å²) in [5, 5.41) is 12.3. The molecule has 31 heavy (non-hydrogen) atoms. The third kappa shape index (κ3) is 5.07. The van der Waals surface area contributed by atoms with E-state index in [-0.39, 0.29) is 22.9 Å². The number of carbonyl (C=O) groups is 1. The van der Waals surface area contributed by atoms with Gasteiger partial charge in [0, 0.05) is 29.7 Å². The van der Waals surface area contributed by atoms with Crippen molar-refractivity contribution in [2.24, 2.45) is 0 Å². The molecule has 2 N–H and O–H groups in total. The fourth-order valence-corrected chi connectivity index (χ4v) is 4.23. The van der Waals surface area contributed by atoms with Crippen LogP contribution in [0.15, 0.2) is 53.8 Å². The van der Waals surface area contributed by atoms with Gasteiger partial charge in [-0.1, -0.05) is 6.07 Å². The number of hydrogen-bond donors (Lipinski definition) is 2. The van der Waals surface area contributed by atoms with Crippen LogP contribution in [-0.2, 0) is 23.2 Å². The van der Waals surface area contributed by atoms with Gasteiger partial charge in [-0.2, -0.15) is 0 Å². The van der Waals surface area contributed by atoms with Gasteiger partial charge in [-0.05, 0) is 36.8 Å². The van der Waals surface area contributed by atoms with Crippen molar-refractivity contribution in [1.82, 2.24) is 9.97 Å². The molecule has 0 aliphatic rings. The van der Waals surface area contributed by atoms with Crippen LogP contribution in [0.5, 0.6) is 11.5 Å². The molecule has 0 fully saturated rings. The highest BCUT2D eigenvalue weighted by molar-refractivity contribution is 7.84. The smallest absolute Gasteiger partial charge is 0.258 e. The Morgan fingerprint density at radius 3 is 2.65 bits per heavy atom. The van der Waals surface area contributed by atoms with E-state index in [1.54, 1.807) is 50.4 Å². The van der Waals surface area contributed by atoms with Crippen LogP contribution >= 0.6 is 0 Å². The second kappa shape index (κ2) is 10.1. The Bertz CT molecular complexity index is 1120. The molecule has 8 nitrogen and oxygen atoms in total. The first-order valence-corrected chi connectivity index (χ1v) is 10.7. The van der Waals surface area contributed by atoms with Crippen LogP contribution in [0.3, 0.4) is 0 Å². The van der Waals surface area contributed by atoms with Crippen molar-refractivity contribution in [1.29, 1.82) is 0 Å². The monoisotopic (exact) mass is 441 g/mol. The minimum Gasteiger partial charge on any atom is -0.497 e. The van der Waals surface area contributed by atoms with E-state index in [0.717, 1.165) is 0 Å². The van der Waals surface area contributed by atoms with E-state index < -0.39 is 16.7 Å². The van der Waals surface area contributed by atoms with E-state index in [2.05, 4.69) is 15.3 Å². The maximum atomic E-state index is 13.1. The molecule has 162 valence electrons. The van der Waals surface area contributed by atoms with Gasteiger partial charge in [-0.25, -0.2) is 4.98 Å². The molecule has 9 heteroatoms. The van der Waals surface area contributed by atoms with Crippen LogP contribution in [0.25, 0.3) is 0 Å². The summed E-state index contributed by atoms with van der Waals surface area (Å²) in [6.07, 6.45) is 3.00. The number of hydrogen-bond acceptors (Lipinski definition) is 7. The number of aliphatic hydroxyl groups is 1. The minimum atomic E-state index is -1.60. The summed E-state index contributed by atoms with van der Waals surface area (Å²) in [5.74, 6) is 0.835. The summed E-state index contributed by atoms with van der Waals surface area (Å²) in [5.41, 5.74) is 2.56. The van der Waals surface area contributed by atoms with Gasteiger partial charge in [-0.3, -0.25) is 14.0 Å². The maximum absolute atomic E-state index is 13.1. The number of carbonyl (C=O) groups excluding carboxylic acids is 1. The number of aromatic nitrogens is 2. The van der Waals surface area contributed by atoms with E-state index in [9.17, 15) is 14.1 Å². The number of ether oxygens (including phenoxy) is 2. The zero-order valence-electron chi connectivity index (χ0n) is 17.4. The highest BCUT2D eigenvalue weighted by Gasteiger charge is 2.20. The standard InChI is InChI=1S/C22H23N3O5S/c1-14-18(8-10-23-19(14)12-26)25-21(27)17-5-4-9-24-22(17)31(28)13-15-6-7-16(29-2)11-20(15)30-3/h4-11,26H,12-13H2,1-3H3,(H,23,25,27). The summed E-state index contributed by atoms with van der Waals surface area (Å²) >= 11 is 0. The van der Waals surface area contributed by atoms with Crippen molar-refractivity contribution < 1.29 is 23.6 Å². The second-order valence-electron chi connectivity index (χ2n) is 6.57. The van der Waals surface area contributed by atoms with Gasteiger partial charge < -0.3 is 19.9 Å². The lowest BCUT2D eigenvalue weighted by atomic mass is 10.1.